The van der Waals surface area contributed by atoms with Gasteiger partial charge in [0.05, 0.1) is 5.03 Å². The average molecular weight is 356 g/mol. The SMILES string of the molecule is CCOCn1c(Sc2ccc3ccccc3c2)c(CC)c(=O)[nH]c1=O. The first-order chi connectivity index (χ1) is 12.1. The zero-order valence-electron chi connectivity index (χ0n) is 14.2. The summed E-state index contributed by atoms with van der Waals surface area (Å²) in [5.74, 6) is 0. The monoisotopic (exact) mass is 356 g/mol. The molecule has 25 heavy (non-hydrogen) atoms. The lowest BCUT2D eigenvalue weighted by atomic mass is 10.1. The molecule has 0 fully saturated rings. The second-order valence-corrected chi connectivity index (χ2v) is 6.62. The Labute approximate surface area is 149 Å². The molecule has 3 aromatic rings. The molecule has 0 aliphatic carbocycles. The standard InChI is InChI=1S/C19H20N2O3S/c1-3-16-17(22)20-19(23)21(12-24-4-2)18(16)25-15-10-9-13-7-5-6-8-14(13)11-15/h5-11H,3-4,12H2,1-2H3,(H,20,22,23). The van der Waals surface area contributed by atoms with Crippen molar-refractivity contribution in [1.82, 2.24) is 9.55 Å². The van der Waals surface area contributed by atoms with E-state index in [1.165, 1.54) is 16.3 Å². The average Bonchev–Trinajstić information content (AvgIpc) is 2.61. The number of benzene rings is 2. The van der Waals surface area contributed by atoms with Gasteiger partial charge in [0.15, 0.2) is 0 Å². The number of H-pyrrole nitrogens is 1. The van der Waals surface area contributed by atoms with Crippen LogP contribution < -0.4 is 11.2 Å². The second kappa shape index (κ2) is 7.72. The van der Waals surface area contributed by atoms with Gasteiger partial charge >= 0.3 is 5.69 Å². The Morgan fingerprint density at radius 1 is 1.08 bits per heavy atom. The van der Waals surface area contributed by atoms with Crippen LogP contribution in [0.2, 0.25) is 0 Å². The van der Waals surface area contributed by atoms with Gasteiger partial charge in [0.1, 0.15) is 6.73 Å². The number of rotatable bonds is 6. The number of aromatic nitrogens is 2. The minimum Gasteiger partial charge on any atom is -0.361 e. The zero-order chi connectivity index (χ0) is 17.8. The van der Waals surface area contributed by atoms with Crippen LogP contribution in [0.5, 0.6) is 0 Å². The van der Waals surface area contributed by atoms with Crippen LogP contribution in [-0.4, -0.2) is 16.2 Å². The highest BCUT2D eigenvalue weighted by molar-refractivity contribution is 7.99. The molecule has 1 N–H and O–H groups in total. The van der Waals surface area contributed by atoms with Crippen LogP contribution in [-0.2, 0) is 17.9 Å². The quantitative estimate of drug-likeness (QED) is 0.688. The first-order valence-corrected chi connectivity index (χ1v) is 9.06. The summed E-state index contributed by atoms with van der Waals surface area (Å²) in [6, 6.07) is 14.2. The van der Waals surface area contributed by atoms with Crippen LogP contribution in [0.25, 0.3) is 10.8 Å². The molecule has 130 valence electrons. The number of aromatic amines is 1. The Bertz CT molecular complexity index is 1010. The van der Waals surface area contributed by atoms with E-state index in [1.54, 1.807) is 0 Å². The maximum atomic E-state index is 12.3. The van der Waals surface area contributed by atoms with Crippen molar-refractivity contribution < 1.29 is 4.74 Å². The van der Waals surface area contributed by atoms with Gasteiger partial charge in [0.2, 0.25) is 0 Å². The molecule has 2 aromatic carbocycles. The normalized spacial score (nSPS) is 11.1. The van der Waals surface area contributed by atoms with Crippen molar-refractivity contribution in [2.45, 2.75) is 36.9 Å². The molecule has 1 aromatic heterocycles. The van der Waals surface area contributed by atoms with Gasteiger partial charge in [-0.2, -0.15) is 0 Å². The summed E-state index contributed by atoms with van der Waals surface area (Å²) in [7, 11) is 0. The summed E-state index contributed by atoms with van der Waals surface area (Å²) >= 11 is 1.42. The smallest absolute Gasteiger partial charge is 0.331 e. The van der Waals surface area contributed by atoms with E-state index in [0.29, 0.717) is 23.6 Å². The lowest BCUT2D eigenvalue weighted by Crippen LogP contribution is -2.34. The molecule has 0 atom stereocenters. The van der Waals surface area contributed by atoms with E-state index in [1.807, 2.05) is 44.2 Å². The Morgan fingerprint density at radius 2 is 1.84 bits per heavy atom. The molecule has 3 rings (SSSR count). The molecule has 0 aliphatic heterocycles. The second-order valence-electron chi connectivity index (χ2n) is 5.56. The van der Waals surface area contributed by atoms with E-state index < -0.39 is 5.69 Å². The predicted molar refractivity (Wildman–Crippen MR) is 100 cm³/mol. The molecule has 5 nitrogen and oxygen atoms in total. The number of fused-ring (bicyclic) bond motifs is 1. The fourth-order valence-electron chi connectivity index (χ4n) is 2.66. The van der Waals surface area contributed by atoms with Crippen molar-refractivity contribution in [3.8, 4) is 0 Å². The van der Waals surface area contributed by atoms with Crippen LogP contribution >= 0.6 is 11.8 Å². The van der Waals surface area contributed by atoms with Crippen LogP contribution in [0.15, 0.2) is 62.0 Å². The highest BCUT2D eigenvalue weighted by atomic mass is 32.2. The molecule has 0 spiro atoms. The highest BCUT2D eigenvalue weighted by Gasteiger charge is 2.15. The van der Waals surface area contributed by atoms with Gasteiger partial charge in [-0.3, -0.25) is 14.3 Å². The molecule has 0 aliphatic rings. The van der Waals surface area contributed by atoms with Crippen molar-refractivity contribution in [3.63, 3.8) is 0 Å². The van der Waals surface area contributed by atoms with Crippen molar-refractivity contribution >= 4 is 22.5 Å². The minimum atomic E-state index is -0.445. The van der Waals surface area contributed by atoms with Gasteiger partial charge in [-0.25, -0.2) is 4.79 Å². The number of hydrogen-bond acceptors (Lipinski definition) is 4. The van der Waals surface area contributed by atoms with Gasteiger partial charge in [0, 0.05) is 17.1 Å². The van der Waals surface area contributed by atoms with Crippen LogP contribution in [0, 0.1) is 0 Å². The molecule has 0 saturated heterocycles. The van der Waals surface area contributed by atoms with E-state index in [4.69, 9.17) is 4.74 Å². The fraction of sp³-hybridized carbons (Fsp3) is 0.263. The number of ether oxygens (including phenoxy) is 1. The third-order valence-corrected chi connectivity index (χ3v) is 5.11. The Balaban J connectivity index is 2.10. The van der Waals surface area contributed by atoms with Crippen molar-refractivity contribution in [3.05, 3.63) is 68.9 Å². The van der Waals surface area contributed by atoms with E-state index in [-0.39, 0.29) is 12.3 Å². The van der Waals surface area contributed by atoms with Gasteiger partial charge in [-0.1, -0.05) is 49.0 Å². The number of nitrogens with zero attached hydrogens (tertiary/aromatic N) is 1. The third kappa shape index (κ3) is 3.70. The summed E-state index contributed by atoms with van der Waals surface area (Å²) < 4.78 is 6.91. The van der Waals surface area contributed by atoms with E-state index >= 15 is 0 Å². The van der Waals surface area contributed by atoms with Gasteiger partial charge in [-0.05, 0) is 36.2 Å². The highest BCUT2D eigenvalue weighted by Crippen LogP contribution is 2.31. The fourth-order valence-corrected chi connectivity index (χ4v) is 3.81. The summed E-state index contributed by atoms with van der Waals surface area (Å²) in [5, 5.41) is 2.91. The van der Waals surface area contributed by atoms with E-state index in [2.05, 4.69) is 17.1 Å². The van der Waals surface area contributed by atoms with E-state index in [0.717, 1.165) is 15.7 Å². The summed E-state index contributed by atoms with van der Waals surface area (Å²) in [5.41, 5.74) is -0.181. The van der Waals surface area contributed by atoms with Crippen molar-refractivity contribution in [2.75, 3.05) is 6.61 Å². The first kappa shape index (κ1) is 17.5. The lowest BCUT2D eigenvalue weighted by molar-refractivity contribution is 0.0779. The predicted octanol–water partition coefficient (Wildman–Crippen LogP) is 3.40. The molecule has 0 saturated carbocycles. The molecule has 0 amide bonds. The molecule has 6 heteroatoms. The van der Waals surface area contributed by atoms with Crippen LogP contribution in [0.4, 0.5) is 0 Å². The minimum absolute atomic E-state index is 0.120. The molecule has 1 heterocycles. The van der Waals surface area contributed by atoms with Gasteiger partial charge in [-0.15, -0.1) is 0 Å². The number of hydrogen-bond donors (Lipinski definition) is 1. The van der Waals surface area contributed by atoms with Crippen molar-refractivity contribution in [2.24, 2.45) is 0 Å². The number of nitrogens with one attached hydrogen (secondary N) is 1. The zero-order valence-corrected chi connectivity index (χ0v) is 15.1. The molecular weight excluding hydrogens is 336 g/mol. The first-order valence-electron chi connectivity index (χ1n) is 8.24. The van der Waals surface area contributed by atoms with E-state index in [9.17, 15) is 9.59 Å². The van der Waals surface area contributed by atoms with Crippen molar-refractivity contribution in [1.29, 1.82) is 0 Å². The Morgan fingerprint density at radius 3 is 2.56 bits per heavy atom. The summed E-state index contributed by atoms with van der Waals surface area (Å²) in [4.78, 5) is 27.8. The Kier molecular flexibility index (Phi) is 5.40. The van der Waals surface area contributed by atoms with Crippen LogP contribution in [0.1, 0.15) is 19.4 Å². The summed E-state index contributed by atoms with van der Waals surface area (Å²) in [6.07, 6.45) is 0.539. The van der Waals surface area contributed by atoms with Gasteiger partial charge < -0.3 is 4.74 Å². The molecular formula is C19H20N2O3S. The molecule has 0 unspecified atom stereocenters. The van der Waals surface area contributed by atoms with Gasteiger partial charge in [0.25, 0.3) is 5.56 Å². The summed E-state index contributed by atoms with van der Waals surface area (Å²) in [6.45, 7) is 4.39. The Hall–Kier alpha value is -2.31. The van der Waals surface area contributed by atoms with Crippen LogP contribution in [0.3, 0.4) is 0 Å². The maximum absolute atomic E-state index is 12.3. The topological polar surface area (TPSA) is 64.1 Å². The molecule has 0 radical (unpaired) electrons. The maximum Gasteiger partial charge on any atom is 0.331 e. The third-order valence-electron chi connectivity index (χ3n) is 3.96. The lowest BCUT2D eigenvalue weighted by Gasteiger charge is -2.15. The largest absolute Gasteiger partial charge is 0.361 e. The molecule has 0 bridgehead atoms.